The summed E-state index contributed by atoms with van der Waals surface area (Å²) in [5, 5.41) is 0.280. The molecular formula is C20H22ClFN2O2. The smallest absolute Gasteiger partial charge is 0.339 e. The lowest BCUT2D eigenvalue weighted by atomic mass is 10.1. The van der Waals surface area contributed by atoms with Gasteiger partial charge in [0.25, 0.3) is 0 Å². The molecule has 2 rings (SSSR count). The van der Waals surface area contributed by atoms with Gasteiger partial charge in [0, 0.05) is 13.6 Å². The number of rotatable bonds is 6. The van der Waals surface area contributed by atoms with Gasteiger partial charge in [0.15, 0.2) is 0 Å². The molecule has 0 amide bonds. The lowest BCUT2D eigenvalue weighted by Gasteiger charge is -2.11. The molecule has 0 aliphatic heterocycles. The first-order valence-electron chi connectivity index (χ1n) is 8.28. The molecule has 2 aromatic rings. The predicted molar refractivity (Wildman–Crippen MR) is 103 cm³/mol. The number of nitrogens with zero attached hydrogens (tertiary/aromatic N) is 2. The standard InChI is InChI=1S/C20H22ClFN2O2/c1-5-24(4)12-23-19-10-18(21)17(9-14(19)3)20(25)26-11-15-6-7-16(22)8-13(15)2/h6-10,12H,5,11H2,1-4H3. The van der Waals surface area contributed by atoms with Crippen molar-refractivity contribution in [2.45, 2.75) is 27.4 Å². The molecule has 4 nitrogen and oxygen atoms in total. The van der Waals surface area contributed by atoms with Crippen LogP contribution in [0.3, 0.4) is 0 Å². The fraction of sp³-hybridized carbons (Fsp3) is 0.300. The van der Waals surface area contributed by atoms with Crippen LogP contribution in [0.2, 0.25) is 5.02 Å². The monoisotopic (exact) mass is 376 g/mol. The largest absolute Gasteiger partial charge is 0.457 e. The Morgan fingerprint density at radius 1 is 1.27 bits per heavy atom. The van der Waals surface area contributed by atoms with Crippen molar-refractivity contribution in [3.8, 4) is 0 Å². The Morgan fingerprint density at radius 2 is 2.00 bits per heavy atom. The van der Waals surface area contributed by atoms with Crippen LogP contribution in [0.1, 0.15) is 34.0 Å². The van der Waals surface area contributed by atoms with Crippen molar-refractivity contribution >= 4 is 29.6 Å². The minimum Gasteiger partial charge on any atom is -0.457 e. The Balaban J connectivity index is 2.13. The van der Waals surface area contributed by atoms with Gasteiger partial charge >= 0.3 is 5.97 Å². The minimum atomic E-state index is -0.525. The molecular weight excluding hydrogens is 355 g/mol. The highest BCUT2D eigenvalue weighted by Gasteiger charge is 2.15. The molecule has 0 N–H and O–H groups in total. The zero-order valence-electron chi connectivity index (χ0n) is 15.3. The summed E-state index contributed by atoms with van der Waals surface area (Å²) in [7, 11) is 1.92. The van der Waals surface area contributed by atoms with Crippen LogP contribution in [0, 0.1) is 19.7 Å². The third kappa shape index (κ3) is 5.05. The fourth-order valence-corrected chi connectivity index (χ4v) is 2.49. The van der Waals surface area contributed by atoms with Crippen molar-refractivity contribution in [2.75, 3.05) is 13.6 Å². The Hall–Kier alpha value is -2.40. The van der Waals surface area contributed by atoms with Crippen molar-refractivity contribution < 1.29 is 13.9 Å². The van der Waals surface area contributed by atoms with Gasteiger partial charge in [0.05, 0.1) is 22.6 Å². The SMILES string of the molecule is CCN(C)C=Nc1cc(Cl)c(C(=O)OCc2ccc(F)cc2C)cc1C. The fourth-order valence-electron chi connectivity index (χ4n) is 2.25. The number of ether oxygens (including phenoxy) is 1. The third-order valence-corrected chi connectivity index (χ3v) is 4.37. The second-order valence-electron chi connectivity index (χ2n) is 6.08. The summed E-state index contributed by atoms with van der Waals surface area (Å²) in [5.74, 6) is -0.843. The van der Waals surface area contributed by atoms with E-state index in [9.17, 15) is 9.18 Å². The molecule has 0 aromatic heterocycles. The predicted octanol–water partition coefficient (Wildman–Crippen LogP) is 5.06. The number of aryl methyl sites for hydroxylation is 2. The first-order chi connectivity index (χ1) is 12.3. The van der Waals surface area contributed by atoms with Gasteiger partial charge in [-0.25, -0.2) is 14.2 Å². The first kappa shape index (κ1) is 19.9. The number of halogens is 2. The van der Waals surface area contributed by atoms with Crippen molar-refractivity contribution in [3.63, 3.8) is 0 Å². The van der Waals surface area contributed by atoms with E-state index in [-0.39, 0.29) is 23.0 Å². The Morgan fingerprint density at radius 3 is 2.65 bits per heavy atom. The second kappa shape index (κ2) is 8.81. The summed E-state index contributed by atoms with van der Waals surface area (Å²) in [6.45, 7) is 6.54. The van der Waals surface area contributed by atoms with Gasteiger partial charge in [0.1, 0.15) is 12.4 Å². The van der Waals surface area contributed by atoms with Crippen LogP contribution in [0.5, 0.6) is 0 Å². The van der Waals surface area contributed by atoms with E-state index in [0.29, 0.717) is 5.69 Å². The van der Waals surface area contributed by atoms with E-state index in [0.717, 1.165) is 23.2 Å². The molecule has 6 heteroatoms. The number of esters is 1. The summed E-state index contributed by atoms with van der Waals surface area (Å²) in [6, 6.07) is 7.66. The molecule has 0 heterocycles. The van der Waals surface area contributed by atoms with E-state index in [1.165, 1.54) is 12.1 Å². The quantitative estimate of drug-likeness (QED) is 0.402. The van der Waals surface area contributed by atoms with Crippen molar-refractivity contribution in [1.29, 1.82) is 0 Å². The van der Waals surface area contributed by atoms with Crippen LogP contribution in [0.25, 0.3) is 0 Å². The van der Waals surface area contributed by atoms with Crippen LogP contribution < -0.4 is 0 Å². The maximum Gasteiger partial charge on any atom is 0.339 e. The Labute approximate surface area is 158 Å². The topological polar surface area (TPSA) is 41.9 Å². The summed E-state index contributed by atoms with van der Waals surface area (Å²) >= 11 is 6.24. The van der Waals surface area contributed by atoms with Crippen molar-refractivity contribution in [2.24, 2.45) is 4.99 Å². The van der Waals surface area contributed by atoms with Crippen LogP contribution in [0.15, 0.2) is 35.3 Å². The number of aliphatic imine (C=N–C) groups is 1. The zero-order chi connectivity index (χ0) is 19.3. The highest BCUT2D eigenvalue weighted by Crippen LogP contribution is 2.28. The maximum atomic E-state index is 13.1. The second-order valence-corrected chi connectivity index (χ2v) is 6.49. The molecule has 2 aromatic carbocycles. The lowest BCUT2D eigenvalue weighted by Crippen LogP contribution is -2.14. The van der Waals surface area contributed by atoms with Gasteiger partial charge in [-0.15, -0.1) is 0 Å². The van der Waals surface area contributed by atoms with Crippen molar-refractivity contribution in [3.05, 3.63) is 63.4 Å². The van der Waals surface area contributed by atoms with Crippen LogP contribution >= 0.6 is 11.6 Å². The van der Waals surface area contributed by atoms with Gasteiger partial charge in [0.2, 0.25) is 0 Å². The van der Waals surface area contributed by atoms with E-state index >= 15 is 0 Å². The summed E-state index contributed by atoms with van der Waals surface area (Å²) in [4.78, 5) is 18.7. The Kier molecular flexibility index (Phi) is 6.75. The molecule has 0 saturated carbocycles. The summed E-state index contributed by atoms with van der Waals surface area (Å²) in [6.07, 6.45) is 1.72. The molecule has 0 spiro atoms. The van der Waals surface area contributed by atoms with E-state index < -0.39 is 5.97 Å². The van der Waals surface area contributed by atoms with Gasteiger partial charge in [-0.2, -0.15) is 0 Å². The normalized spacial score (nSPS) is 11.0. The maximum absolute atomic E-state index is 13.1. The molecule has 0 bridgehead atoms. The van der Waals surface area contributed by atoms with E-state index in [1.807, 2.05) is 25.8 Å². The highest BCUT2D eigenvalue weighted by atomic mass is 35.5. The van der Waals surface area contributed by atoms with Gasteiger partial charge in [-0.05, 0) is 61.7 Å². The number of hydrogen-bond acceptors (Lipinski definition) is 3. The van der Waals surface area contributed by atoms with E-state index in [2.05, 4.69) is 4.99 Å². The highest BCUT2D eigenvalue weighted by molar-refractivity contribution is 6.33. The average Bonchev–Trinajstić information content (AvgIpc) is 2.60. The Bertz CT molecular complexity index is 837. The van der Waals surface area contributed by atoms with Crippen LogP contribution in [0.4, 0.5) is 10.1 Å². The molecule has 138 valence electrons. The zero-order valence-corrected chi connectivity index (χ0v) is 16.1. The average molecular weight is 377 g/mol. The van der Waals surface area contributed by atoms with Crippen LogP contribution in [-0.4, -0.2) is 30.8 Å². The number of hydrogen-bond donors (Lipinski definition) is 0. The molecule has 0 radical (unpaired) electrons. The number of benzene rings is 2. The molecule has 0 aliphatic rings. The van der Waals surface area contributed by atoms with Gasteiger partial charge in [-0.1, -0.05) is 17.7 Å². The summed E-state index contributed by atoms with van der Waals surface area (Å²) < 4.78 is 18.5. The van der Waals surface area contributed by atoms with Gasteiger partial charge < -0.3 is 9.64 Å². The minimum absolute atomic E-state index is 0.0571. The van der Waals surface area contributed by atoms with Gasteiger partial charge in [-0.3, -0.25) is 0 Å². The van der Waals surface area contributed by atoms with E-state index in [4.69, 9.17) is 16.3 Å². The molecule has 0 saturated heterocycles. The van der Waals surface area contributed by atoms with E-state index in [1.54, 1.807) is 31.5 Å². The molecule has 0 atom stereocenters. The number of carbonyl (C=O) groups excluding carboxylic acids is 1. The first-order valence-corrected chi connectivity index (χ1v) is 8.66. The molecule has 26 heavy (non-hydrogen) atoms. The molecule has 0 fully saturated rings. The lowest BCUT2D eigenvalue weighted by molar-refractivity contribution is 0.0472. The number of carbonyl (C=O) groups is 1. The van der Waals surface area contributed by atoms with Crippen molar-refractivity contribution in [1.82, 2.24) is 4.90 Å². The summed E-state index contributed by atoms with van der Waals surface area (Å²) in [5.41, 5.74) is 3.27. The molecule has 0 unspecified atom stereocenters. The third-order valence-electron chi connectivity index (χ3n) is 4.06. The molecule has 0 aliphatic carbocycles. The van der Waals surface area contributed by atoms with Crippen LogP contribution in [-0.2, 0) is 11.3 Å².